The number of aromatic nitrogens is 1. The lowest BCUT2D eigenvalue weighted by atomic mass is 10.0. The van der Waals surface area contributed by atoms with Crippen molar-refractivity contribution in [2.75, 3.05) is 5.32 Å². The van der Waals surface area contributed by atoms with Crippen LogP contribution in [0, 0.1) is 0 Å². The van der Waals surface area contributed by atoms with Crippen LogP contribution in [0.3, 0.4) is 0 Å². The molecule has 0 fully saturated rings. The fourth-order valence-corrected chi connectivity index (χ4v) is 3.37. The average Bonchev–Trinajstić information content (AvgIpc) is 2.94. The fourth-order valence-electron chi connectivity index (χ4n) is 1.82. The first-order valence-electron chi connectivity index (χ1n) is 5.26. The molecule has 90 valence electrons. The van der Waals surface area contributed by atoms with Crippen LogP contribution >= 0.6 is 23.1 Å². The van der Waals surface area contributed by atoms with Gasteiger partial charge in [0, 0.05) is 16.5 Å². The lowest BCUT2D eigenvalue weighted by molar-refractivity contribution is -0.123. The second-order valence-corrected chi connectivity index (χ2v) is 5.66. The summed E-state index contributed by atoms with van der Waals surface area (Å²) in [6.45, 7) is 0. The van der Waals surface area contributed by atoms with Crippen LogP contribution in [-0.4, -0.2) is 16.0 Å². The molecule has 1 aromatic carbocycles. The number of thioether (sulfide) groups is 1. The van der Waals surface area contributed by atoms with E-state index in [-0.39, 0.29) is 11.0 Å². The van der Waals surface area contributed by atoms with E-state index in [0.29, 0.717) is 5.13 Å². The van der Waals surface area contributed by atoms with Crippen molar-refractivity contribution in [3.63, 3.8) is 0 Å². The van der Waals surface area contributed by atoms with Crippen molar-refractivity contribution in [1.82, 2.24) is 4.98 Å². The Bertz CT molecular complexity index is 610. The zero-order chi connectivity index (χ0) is 12.5. The number of fused-ring (bicyclic) bond motifs is 1. The zero-order valence-electron chi connectivity index (χ0n) is 9.12. The fraction of sp³-hybridized carbons (Fsp3) is 0.0833. The zero-order valence-corrected chi connectivity index (χ0v) is 10.8. The molecular weight excluding hydrogens is 268 g/mol. The number of nitrogens with zero attached hydrogens (tertiary/aromatic N) is 1. The highest BCUT2D eigenvalue weighted by atomic mass is 32.2. The van der Waals surface area contributed by atoms with Gasteiger partial charge in [0.1, 0.15) is 5.92 Å². The van der Waals surface area contributed by atoms with Crippen molar-refractivity contribution in [2.45, 2.75) is 10.8 Å². The Labute approximate surface area is 111 Å². The van der Waals surface area contributed by atoms with Crippen molar-refractivity contribution in [3.05, 3.63) is 41.4 Å². The molecule has 0 saturated heterocycles. The van der Waals surface area contributed by atoms with Gasteiger partial charge in [-0.1, -0.05) is 30.0 Å². The summed E-state index contributed by atoms with van der Waals surface area (Å²) in [7, 11) is 0. The molecule has 0 aliphatic carbocycles. The molecule has 1 aromatic heterocycles. The molecule has 0 spiro atoms. The van der Waals surface area contributed by atoms with Gasteiger partial charge in [-0.3, -0.25) is 9.59 Å². The Kier molecular flexibility index (Phi) is 2.89. The number of thiazole rings is 1. The van der Waals surface area contributed by atoms with Gasteiger partial charge >= 0.3 is 0 Å². The second-order valence-electron chi connectivity index (χ2n) is 3.72. The highest BCUT2D eigenvalue weighted by Crippen LogP contribution is 2.41. The molecule has 0 saturated carbocycles. The van der Waals surface area contributed by atoms with Crippen LogP contribution in [0.15, 0.2) is 40.7 Å². The molecule has 1 atom stereocenters. The summed E-state index contributed by atoms with van der Waals surface area (Å²) in [5, 5.41) is 4.82. The van der Waals surface area contributed by atoms with E-state index in [4.69, 9.17) is 0 Å². The van der Waals surface area contributed by atoms with E-state index in [0.717, 1.165) is 22.2 Å². The van der Waals surface area contributed by atoms with Gasteiger partial charge < -0.3 is 5.32 Å². The average molecular weight is 276 g/mol. The molecule has 4 nitrogen and oxygen atoms in total. The number of benzene rings is 1. The van der Waals surface area contributed by atoms with Crippen LogP contribution in [0.25, 0.3) is 0 Å². The Morgan fingerprint density at radius 2 is 2.17 bits per heavy atom. The number of carbonyl (C=O) groups is 2. The first kappa shape index (κ1) is 11.4. The normalized spacial score (nSPS) is 17.6. The summed E-state index contributed by atoms with van der Waals surface area (Å²) in [5.74, 6) is -1.04. The highest BCUT2D eigenvalue weighted by molar-refractivity contribution is 8.14. The molecule has 1 unspecified atom stereocenters. The van der Waals surface area contributed by atoms with Crippen LogP contribution in [-0.2, 0) is 9.59 Å². The Balaban J connectivity index is 1.88. The first-order chi connectivity index (χ1) is 8.75. The van der Waals surface area contributed by atoms with E-state index in [1.165, 1.54) is 11.3 Å². The number of rotatable bonds is 2. The van der Waals surface area contributed by atoms with Crippen molar-refractivity contribution in [1.29, 1.82) is 0 Å². The molecule has 1 aliphatic heterocycles. The van der Waals surface area contributed by atoms with Gasteiger partial charge in [0.15, 0.2) is 5.13 Å². The minimum Gasteiger partial charge on any atom is -0.301 e. The van der Waals surface area contributed by atoms with E-state index in [1.54, 1.807) is 11.6 Å². The Morgan fingerprint density at radius 1 is 1.33 bits per heavy atom. The summed E-state index contributed by atoms with van der Waals surface area (Å²) in [4.78, 5) is 28.8. The van der Waals surface area contributed by atoms with Crippen molar-refractivity contribution >= 4 is 39.3 Å². The van der Waals surface area contributed by atoms with Gasteiger partial charge in [0.05, 0.1) is 0 Å². The molecule has 1 aliphatic rings. The number of amides is 1. The van der Waals surface area contributed by atoms with Gasteiger partial charge in [-0.15, -0.1) is 11.3 Å². The van der Waals surface area contributed by atoms with Crippen LogP contribution in [0.4, 0.5) is 5.13 Å². The topological polar surface area (TPSA) is 59.1 Å². The maximum atomic E-state index is 12.1. The van der Waals surface area contributed by atoms with Crippen molar-refractivity contribution in [3.8, 4) is 0 Å². The number of anilines is 1. The minimum absolute atomic E-state index is 0.134. The van der Waals surface area contributed by atoms with E-state index < -0.39 is 5.92 Å². The molecule has 2 aromatic rings. The lowest BCUT2D eigenvalue weighted by Crippen LogP contribution is -2.23. The summed E-state index contributed by atoms with van der Waals surface area (Å²) in [6, 6.07) is 7.37. The Hall–Kier alpha value is -1.66. The molecule has 0 radical (unpaired) electrons. The van der Waals surface area contributed by atoms with Crippen LogP contribution < -0.4 is 5.32 Å². The van der Waals surface area contributed by atoms with E-state index >= 15 is 0 Å². The summed E-state index contributed by atoms with van der Waals surface area (Å²) >= 11 is 2.45. The first-order valence-corrected chi connectivity index (χ1v) is 6.96. The summed E-state index contributed by atoms with van der Waals surface area (Å²) < 4.78 is 0. The maximum Gasteiger partial charge on any atom is 0.242 e. The SMILES string of the molecule is O=C(Nc1nccs1)C1C(=O)Sc2ccccc21. The monoisotopic (exact) mass is 276 g/mol. The van der Waals surface area contributed by atoms with Gasteiger partial charge in [-0.05, 0) is 11.6 Å². The largest absolute Gasteiger partial charge is 0.301 e. The minimum atomic E-state index is -0.727. The molecule has 0 bridgehead atoms. The second kappa shape index (κ2) is 4.55. The number of carbonyl (C=O) groups excluding carboxylic acids is 2. The quantitative estimate of drug-likeness (QED) is 0.856. The van der Waals surface area contributed by atoms with Crippen LogP contribution in [0.5, 0.6) is 0 Å². The van der Waals surface area contributed by atoms with Gasteiger partial charge in [-0.25, -0.2) is 4.98 Å². The maximum absolute atomic E-state index is 12.1. The molecule has 18 heavy (non-hydrogen) atoms. The van der Waals surface area contributed by atoms with Crippen LogP contribution in [0.1, 0.15) is 11.5 Å². The molecular formula is C12H8N2O2S2. The van der Waals surface area contributed by atoms with E-state index in [2.05, 4.69) is 10.3 Å². The van der Waals surface area contributed by atoms with Crippen molar-refractivity contribution < 1.29 is 9.59 Å². The predicted molar refractivity (Wildman–Crippen MR) is 70.8 cm³/mol. The van der Waals surface area contributed by atoms with Gasteiger partial charge in [-0.2, -0.15) is 0 Å². The predicted octanol–water partition coefficient (Wildman–Crippen LogP) is 2.50. The van der Waals surface area contributed by atoms with Gasteiger partial charge in [0.25, 0.3) is 0 Å². The molecule has 1 amide bonds. The van der Waals surface area contributed by atoms with Gasteiger partial charge in [0.2, 0.25) is 11.0 Å². The third kappa shape index (κ3) is 1.93. The highest BCUT2D eigenvalue weighted by Gasteiger charge is 2.37. The summed E-state index contributed by atoms with van der Waals surface area (Å²) in [5.41, 5.74) is 0.779. The molecule has 6 heteroatoms. The van der Waals surface area contributed by atoms with Crippen molar-refractivity contribution in [2.24, 2.45) is 0 Å². The smallest absolute Gasteiger partial charge is 0.242 e. The van der Waals surface area contributed by atoms with E-state index in [1.807, 2.05) is 24.3 Å². The van der Waals surface area contributed by atoms with E-state index in [9.17, 15) is 9.59 Å². The van der Waals surface area contributed by atoms with Crippen LogP contribution in [0.2, 0.25) is 0 Å². The number of nitrogens with one attached hydrogen (secondary N) is 1. The summed E-state index contributed by atoms with van der Waals surface area (Å²) in [6.07, 6.45) is 1.61. The third-order valence-electron chi connectivity index (χ3n) is 2.60. The third-order valence-corrected chi connectivity index (χ3v) is 4.32. The lowest BCUT2D eigenvalue weighted by Gasteiger charge is -2.08. The molecule has 1 N–H and O–H groups in total. The number of hydrogen-bond acceptors (Lipinski definition) is 5. The number of hydrogen-bond donors (Lipinski definition) is 1. The Morgan fingerprint density at radius 3 is 2.94 bits per heavy atom. The molecule has 2 heterocycles. The molecule has 3 rings (SSSR count). The standard InChI is InChI=1S/C12H8N2O2S2/c15-10(14-12-13-5-6-17-12)9-7-3-1-2-4-8(7)18-11(9)16/h1-6,9H,(H,13,14,15).